The van der Waals surface area contributed by atoms with Gasteiger partial charge in [0, 0.05) is 4.70 Å². The summed E-state index contributed by atoms with van der Waals surface area (Å²) >= 11 is 1.38. The van der Waals surface area contributed by atoms with Crippen molar-refractivity contribution < 1.29 is 9.90 Å². The Morgan fingerprint density at radius 2 is 2.20 bits per heavy atom. The van der Waals surface area contributed by atoms with Gasteiger partial charge in [0.25, 0.3) is 0 Å². The summed E-state index contributed by atoms with van der Waals surface area (Å²) in [6.07, 6.45) is 0.941. The Morgan fingerprint density at radius 3 is 2.80 bits per heavy atom. The van der Waals surface area contributed by atoms with E-state index >= 15 is 0 Å². The van der Waals surface area contributed by atoms with Crippen LogP contribution in [-0.4, -0.2) is 11.1 Å². The first kappa shape index (κ1) is 10.2. The molecule has 0 bridgehead atoms. The second-order valence-corrected chi connectivity index (χ2v) is 4.53. The first-order valence-electron chi connectivity index (χ1n) is 4.89. The molecule has 1 N–H and O–H groups in total. The summed E-state index contributed by atoms with van der Waals surface area (Å²) in [5.74, 6) is -0.823. The first-order valence-corrected chi connectivity index (χ1v) is 5.71. The van der Waals surface area contributed by atoms with Crippen LogP contribution in [0.15, 0.2) is 18.2 Å². The van der Waals surface area contributed by atoms with Gasteiger partial charge in [-0.15, -0.1) is 11.3 Å². The van der Waals surface area contributed by atoms with Gasteiger partial charge in [-0.05, 0) is 29.9 Å². The first-order chi connectivity index (χ1) is 7.15. The molecule has 78 valence electrons. The molecule has 0 amide bonds. The molecule has 15 heavy (non-hydrogen) atoms. The second kappa shape index (κ2) is 3.66. The average Bonchev–Trinajstić information content (AvgIpc) is 2.56. The molecule has 0 saturated carbocycles. The molecule has 3 heteroatoms. The predicted octanol–water partition coefficient (Wildman–Crippen LogP) is 3.47. The number of hydrogen-bond acceptors (Lipinski definition) is 2. The second-order valence-electron chi connectivity index (χ2n) is 3.51. The van der Waals surface area contributed by atoms with E-state index in [9.17, 15) is 4.79 Å². The summed E-state index contributed by atoms with van der Waals surface area (Å²) in [6.45, 7) is 3.96. The molecule has 0 aliphatic carbocycles. The highest BCUT2D eigenvalue weighted by molar-refractivity contribution is 7.21. The number of thiophene rings is 1. The monoisotopic (exact) mass is 220 g/mol. The highest BCUT2D eigenvalue weighted by Crippen LogP contribution is 2.33. The number of rotatable bonds is 2. The standard InChI is InChI=1S/C12H12O2S/c1-3-8-5-4-6-9-7(2)10(12(13)14)15-11(8)9/h4-6H,3H2,1-2H3,(H,13,14). The third kappa shape index (κ3) is 1.53. The summed E-state index contributed by atoms with van der Waals surface area (Å²) in [6, 6.07) is 6.04. The van der Waals surface area contributed by atoms with Crippen molar-refractivity contribution in [3.8, 4) is 0 Å². The normalized spacial score (nSPS) is 10.8. The fraction of sp³-hybridized carbons (Fsp3) is 0.250. The van der Waals surface area contributed by atoms with Crippen LogP contribution >= 0.6 is 11.3 Å². The quantitative estimate of drug-likeness (QED) is 0.841. The fourth-order valence-electron chi connectivity index (χ4n) is 1.78. The molecule has 1 heterocycles. The molecule has 0 aliphatic rings. The fourth-order valence-corrected chi connectivity index (χ4v) is 3.01. The third-order valence-corrected chi connectivity index (χ3v) is 3.99. The molecule has 0 saturated heterocycles. The Bertz CT molecular complexity index is 526. The molecule has 0 fully saturated rings. The lowest BCUT2D eigenvalue weighted by Crippen LogP contribution is -1.93. The maximum atomic E-state index is 11.0. The summed E-state index contributed by atoms with van der Waals surface area (Å²) in [7, 11) is 0. The third-order valence-electron chi connectivity index (χ3n) is 2.62. The minimum Gasteiger partial charge on any atom is -0.477 e. The molecular weight excluding hydrogens is 208 g/mol. The lowest BCUT2D eigenvalue weighted by molar-refractivity contribution is 0.0701. The van der Waals surface area contributed by atoms with Crippen molar-refractivity contribution in [1.82, 2.24) is 0 Å². The molecule has 1 aromatic heterocycles. The van der Waals surface area contributed by atoms with Crippen LogP contribution in [0.2, 0.25) is 0 Å². The Morgan fingerprint density at radius 1 is 1.47 bits per heavy atom. The molecule has 0 spiro atoms. The van der Waals surface area contributed by atoms with E-state index in [0.717, 1.165) is 22.1 Å². The van der Waals surface area contributed by atoms with Gasteiger partial charge < -0.3 is 5.11 Å². The molecule has 2 rings (SSSR count). The van der Waals surface area contributed by atoms with Gasteiger partial charge in [-0.3, -0.25) is 0 Å². The number of hydrogen-bond donors (Lipinski definition) is 1. The van der Waals surface area contributed by atoms with Gasteiger partial charge in [-0.2, -0.15) is 0 Å². The van der Waals surface area contributed by atoms with E-state index in [4.69, 9.17) is 5.11 Å². The van der Waals surface area contributed by atoms with Gasteiger partial charge in [0.1, 0.15) is 4.88 Å². The van der Waals surface area contributed by atoms with Crippen LogP contribution in [0.25, 0.3) is 10.1 Å². The van der Waals surface area contributed by atoms with Crippen molar-refractivity contribution in [2.75, 3.05) is 0 Å². The smallest absolute Gasteiger partial charge is 0.346 e. The summed E-state index contributed by atoms with van der Waals surface area (Å²) < 4.78 is 1.12. The van der Waals surface area contributed by atoms with E-state index in [-0.39, 0.29) is 0 Å². The topological polar surface area (TPSA) is 37.3 Å². The number of aromatic carboxylic acids is 1. The number of aryl methyl sites for hydroxylation is 2. The predicted molar refractivity (Wildman–Crippen MR) is 62.9 cm³/mol. The number of carbonyl (C=O) groups is 1. The Hall–Kier alpha value is -1.35. The number of benzene rings is 1. The van der Waals surface area contributed by atoms with Gasteiger partial charge in [0.2, 0.25) is 0 Å². The lowest BCUT2D eigenvalue weighted by Gasteiger charge is -1.97. The van der Waals surface area contributed by atoms with Crippen molar-refractivity contribution in [3.05, 3.63) is 34.2 Å². The zero-order valence-corrected chi connectivity index (χ0v) is 9.52. The summed E-state index contributed by atoms with van der Waals surface area (Å²) in [5.41, 5.74) is 2.12. The van der Waals surface area contributed by atoms with Gasteiger partial charge in [0.05, 0.1) is 0 Å². The van der Waals surface area contributed by atoms with E-state index < -0.39 is 5.97 Å². The van der Waals surface area contributed by atoms with Crippen molar-refractivity contribution in [2.45, 2.75) is 20.3 Å². The molecule has 2 aromatic rings. The van der Waals surface area contributed by atoms with Crippen molar-refractivity contribution in [3.63, 3.8) is 0 Å². The molecule has 0 atom stereocenters. The minimum absolute atomic E-state index is 0.464. The number of carboxylic acids is 1. The van der Waals surface area contributed by atoms with Gasteiger partial charge >= 0.3 is 5.97 Å². The van der Waals surface area contributed by atoms with Crippen LogP contribution in [0.4, 0.5) is 0 Å². The zero-order chi connectivity index (χ0) is 11.0. The van der Waals surface area contributed by atoms with E-state index in [1.165, 1.54) is 16.9 Å². The van der Waals surface area contributed by atoms with E-state index in [1.54, 1.807) is 0 Å². The van der Waals surface area contributed by atoms with Crippen molar-refractivity contribution in [1.29, 1.82) is 0 Å². The molecule has 2 nitrogen and oxygen atoms in total. The van der Waals surface area contributed by atoms with Crippen molar-refractivity contribution >= 4 is 27.4 Å². The summed E-state index contributed by atoms with van der Waals surface area (Å²) in [5, 5.41) is 10.1. The Labute approximate surface area is 92.2 Å². The highest BCUT2D eigenvalue weighted by Gasteiger charge is 2.15. The van der Waals surface area contributed by atoms with Crippen LogP contribution < -0.4 is 0 Å². The molecule has 1 aromatic carbocycles. The van der Waals surface area contributed by atoms with E-state index in [1.807, 2.05) is 19.1 Å². The number of fused-ring (bicyclic) bond motifs is 1. The van der Waals surface area contributed by atoms with Gasteiger partial charge in [-0.25, -0.2) is 4.79 Å². The molecular formula is C12H12O2S. The van der Waals surface area contributed by atoms with Crippen LogP contribution in [0, 0.1) is 6.92 Å². The van der Waals surface area contributed by atoms with E-state index in [0.29, 0.717) is 4.88 Å². The van der Waals surface area contributed by atoms with Crippen LogP contribution in [0.1, 0.15) is 27.7 Å². The van der Waals surface area contributed by atoms with Crippen LogP contribution in [0.3, 0.4) is 0 Å². The molecule has 0 unspecified atom stereocenters. The largest absolute Gasteiger partial charge is 0.477 e. The SMILES string of the molecule is CCc1cccc2c(C)c(C(=O)O)sc12. The number of carboxylic acid groups (broad SMARTS) is 1. The lowest BCUT2D eigenvalue weighted by atomic mass is 10.1. The van der Waals surface area contributed by atoms with Gasteiger partial charge in [0.15, 0.2) is 0 Å². The maximum absolute atomic E-state index is 11.0. The minimum atomic E-state index is -0.823. The van der Waals surface area contributed by atoms with Crippen LogP contribution in [-0.2, 0) is 6.42 Å². The average molecular weight is 220 g/mol. The van der Waals surface area contributed by atoms with Gasteiger partial charge in [-0.1, -0.05) is 25.1 Å². The summed E-state index contributed by atoms with van der Waals surface area (Å²) in [4.78, 5) is 11.5. The van der Waals surface area contributed by atoms with Crippen molar-refractivity contribution in [2.24, 2.45) is 0 Å². The van der Waals surface area contributed by atoms with Crippen LogP contribution in [0.5, 0.6) is 0 Å². The maximum Gasteiger partial charge on any atom is 0.346 e. The molecule has 0 radical (unpaired) electrons. The Balaban J connectivity index is 2.81. The van der Waals surface area contributed by atoms with E-state index in [2.05, 4.69) is 13.0 Å². The Kier molecular flexibility index (Phi) is 2.49. The highest BCUT2D eigenvalue weighted by atomic mass is 32.1. The molecule has 0 aliphatic heterocycles. The zero-order valence-electron chi connectivity index (χ0n) is 8.70.